The minimum absolute atomic E-state index is 0.0589. The topological polar surface area (TPSA) is 78.5 Å². The highest BCUT2D eigenvalue weighted by molar-refractivity contribution is 5.93. The molecule has 4 aliphatic rings. The largest absolute Gasteiger partial charge is 0.383 e. The summed E-state index contributed by atoms with van der Waals surface area (Å²) in [6.07, 6.45) is 4.17. The van der Waals surface area contributed by atoms with E-state index in [1.54, 1.807) is 7.11 Å². The van der Waals surface area contributed by atoms with Crippen LogP contribution >= 0.6 is 0 Å². The molecule has 1 N–H and O–H groups in total. The van der Waals surface area contributed by atoms with Crippen molar-refractivity contribution in [1.82, 2.24) is 20.0 Å². The minimum Gasteiger partial charge on any atom is -0.383 e. The molecule has 1 aliphatic carbocycles. The number of aromatic nitrogens is 2. The molecule has 24 heavy (non-hydrogen) atoms. The average molecular weight is 332 g/mol. The van der Waals surface area contributed by atoms with Crippen LogP contribution in [0.5, 0.6) is 0 Å². The fraction of sp³-hybridized carbons (Fsp3) is 0.706. The van der Waals surface area contributed by atoms with Gasteiger partial charge in [-0.1, -0.05) is 0 Å². The number of amides is 2. The van der Waals surface area contributed by atoms with Gasteiger partial charge in [0.25, 0.3) is 5.91 Å². The highest BCUT2D eigenvalue weighted by Gasteiger charge is 2.42. The molecule has 7 nitrogen and oxygen atoms in total. The van der Waals surface area contributed by atoms with Gasteiger partial charge in [-0.25, -0.2) is 0 Å². The van der Waals surface area contributed by atoms with E-state index in [-0.39, 0.29) is 23.8 Å². The van der Waals surface area contributed by atoms with Gasteiger partial charge in [0.1, 0.15) is 5.69 Å². The van der Waals surface area contributed by atoms with E-state index in [1.165, 1.54) is 12.8 Å². The number of piperidine rings is 1. The Kier molecular flexibility index (Phi) is 4.04. The zero-order valence-electron chi connectivity index (χ0n) is 14.0. The lowest BCUT2D eigenvalue weighted by Gasteiger charge is -2.35. The number of ether oxygens (including phenoxy) is 1. The number of fused-ring (bicyclic) bond motifs is 4. The lowest BCUT2D eigenvalue weighted by Crippen LogP contribution is -2.49. The summed E-state index contributed by atoms with van der Waals surface area (Å²) in [5.41, 5.74) is 1.54. The molecule has 1 saturated carbocycles. The Morgan fingerprint density at radius 2 is 2.08 bits per heavy atom. The Labute approximate surface area is 141 Å². The highest BCUT2D eigenvalue weighted by atomic mass is 16.5. The summed E-state index contributed by atoms with van der Waals surface area (Å²) >= 11 is 0. The fourth-order valence-electron chi connectivity index (χ4n) is 3.90. The zero-order valence-corrected chi connectivity index (χ0v) is 14.0. The van der Waals surface area contributed by atoms with E-state index in [2.05, 4.69) is 10.2 Å². The van der Waals surface area contributed by atoms with Crippen LogP contribution in [0.1, 0.15) is 47.8 Å². The Morgan fingerprint density at radius 1 is 1.29 bits per heavy atom. The first kappa shape index (κ1) is 15.6. The van der Waals surface area contributed by atoms with E-state index in [1.807, 2.05) is 15.9 Å². The molecule has 2 atom stereocenters. The van der Waals surface area contributed by atoms with Crippen LogP contribution < -0.4 is 0 Å². The van der Waals surface area contributed by atoms with Crippen molar-refractivity contribution in [3.05, 3.63) is 17.5 Å². The normalized spacial score (nSPS) is 26.8. The number of hydrogen-bond donors (Lipinski definition) is 1. The predicted molar refractivity (Wildman–Crippen MR) is 86.6 cm³/mol. The first-order valence-electron chi connectivity index (χ1n) is 8.81. The molecule has 5 rings (SSSR count). The van der Waals surface area contributed by atoms with E-state index in [4.69, 9.17) is 4.74 Å². The van der Waals surface area contributed by atoms with Crippen molar-refractivity contribution in [2.45, 2.75) is 37.6 Å². The number of rotatable bonds is 5. The summed E-state index contributed by atoms with van der Waals surface area (Å²) in [5, 5.41) is 7.20. The highest BCUT2D eigenvalue weighted by Crippen LogP contribution is 2.39. The Bertz CT molecular complexity index is 640. The molecule has 0 spiro atoms. The van der Waals surface area contributed by atoms with Crippen LogP contribution in [-0.2, 0) is 9.53 Å². The summed E-state index contributed by atoms with van der Waals surface area (Å²) < 4.78 is 5.13. The first-order chi connectivity index (χ1) is 11.7. The predicted octanol–water partition coefficient (Wildman–Crippen LogP) is 0.996. The molecule has 3 aliphatic heterocycles. The molecule has 4 heterocycles. The lowest BCUT2D eigenvalue weighted by atomic mass is 9.94. The van der Waals surface area contributed by atoms with E-state index in [0.717, 1.165) is 18.5 Å². The van der Waals surface area contributed by atoms with Crippen molar-refractivity contribution in [3.63, 3.8) is 0 Å². The molecular formula is C17H24N4O3. The van der Waals surface area contributed by atoms with Gasteiger partial charge in [-0.15, -0.1) is 0 Å². The molecule has 2 bridgehead atoms. The molecule has 7 heteroatoms. The van der Waals surface area contributed by atoms with Gasteiger partial charge in [0.05, 0.1) is 12.5 Å². The molecule has 3 saturated heterocycles. The van der Waals surface area contributed by atoms with Crippen molar-refractivity contribution in [2.24, 2.45) is 5.92 Å². The number of methoxy groups -OCH3 is 1. The maximum Gasteiger partial charge on any atom is 0.274 e. The quantitative estimate of drug-likeness (QED) is 0.872. The van der Waals surface area contributed by atoms with Crippen LogP contribution in [0.2, 0.25) is 0 Å². The number of hydrogen-bond acceptors (Lipinski definition) is 4. The van der Waals surface area contributed by atoms with Gasteiger partial charge in [-0.3, -0.25) is 14.7 Å². The van der Waals surface area contributed by atoms with E-state index < -0.39 is 0 Å². The van der Waals surface area contributed by atoms with E-state index in [0.29, 0.717) is 37.9 Å². The SMILES string of the molecule is COCCN1C(=O)[C@@H]2CC[C@H]1CN(C(=O)c1cc(C3CC3)[nH]n1)C2. The Morgan fingerprint density at radius 3 is 2.83 bits per heavy atom. The van der Waals surface area contributed by atoms with Crippen LogP contribution in [0.25, 0.3) is 0 Å². The van der Waals surface area contributed by atoms with Crippen molar-refractivity contribution >= 4 is 11.8 Å². The standard InChI is InChI=1S/C17H24N4O3/c1-24-7-6-21-13-5-4-12(16(21)22)9-20(10-13)17(23)15-8-14(18-19-15)11-2-3-11/h8,11-13H,2-7,9-10H2,1H3,(H,18,19)/t12-,13+/m1/s1. The lowest BCUT2D eigenvalue weighted by molar-refractivity contribution is -0.140. The Balaban J connectivity index is 1.50. The maximum absolute atomic E-state index is 12.8. The third-order valence-electron chi connectivity index (χ3n) is 5.45. The van der Waals surface area contributed by atoms with Gasteiger partial charge >= 0.3 is 0 Å². The molecule has 0 unspecified atom stereocenters. The summed E-state index contributed by atoms with van der Waals surface area (Å²) in [4.78, 5) is 29.2. The second-order valence-corrected chi connectivity index (χ2v) is 7.15. The minimum atomic E-state index is -0.0913. The van der Waals surface area contributed by atoms with E-state index >= 15 is 0 Å². The van der Waals surface area contributed by atoms with Gasteiger partial charge in [0.2, 0.25) is 5.91 Å². The van der Waals surface area contributed by atoms with Crippen LogP contribution in [0, 0.1) is 5.92 Å². The van der Waals surface area contributed by atoms with E-state index in [9.17, 15) is 9.59 Å². The van der Waals surface area contributed by atoms with Gasteiger partial charge in [0.15, 0.2) is 0 Å². The molecule has 4 fully saturated rings. The number of carbonyl (C=O) groups is 2. The first-order valence-corrected chi connectivity index (χ1v) is 8.81. The van der Waals surface area contributed by atoms with Crippen LogP contribution in [-0.4, -0.2) is 71.2 Å². The number of carbonyl (C=O) groups excluding carboxylic acids is 2. The second-order valence-electron chi connectivity index (χ2n) is 7.15. The van der Waals surface area contributed by atoms with Crippen molar-refractivity contribution in [3.8, 4) is 0 Å². The van der Waals surface area contributed by atoms with Crippen molar-refractivity contribution in [2.75, 3.05) is 33.4 Å². The zero-order chi connectivity index (χ0) is 16.7. The third kappa shape index (κ3) is 2.81. The third-order valence-corrected chi connectivity index (χ3v) is 5.45. The van der Waals surface area contributed by atoms with Crippen LogP contribution in [0.15, 0.2) is 6.07 Å². The number of nitrogens with one attached hydrogen (secondary N) is 1. The van der Waals surface area contributed by atoms with Gasteiger partial charge in [0, 0.05) is 44.4 Å². The average Bonchev–Trinajstić information content (AvgIpc) is 3.37. The molecule has 130 valence electrons. The van der Waals surface area contributed by atoms with Crippen LogP contribution in [0.3, 0.4) is 0 Å². The van der Waals surface area contributed by atoms with Gasteiger partial charge in [-0.2, -0.15) is 5.10 Å². The Hall–Kier alpha value is -1.89. The van der Waals surface area contributed by atoms with Crippen molar-refractivity contribution in [1.29, 1.82) is 0 Å². The molecule has 0 aromatic carbocycles. The summed E-state index contributed by atoms with van der Waals surface area (Å²) in [6, 6.07) is 1.98. The van der Waals surface area contributed by atoms with Crippen LogP contribution in [0.4, 0.5) is 0 Å². The molecule has 1 aromatic rings. The monoisotopic (exact) mass is 332 g/mol. The number of nitrogens with zero attached hydrogens (tertiary/aromatic N) is 3. The molecule has 2 amide bonds. The summed E-state index contributed by atoms with van der Waals surface area (Å²) in [7, 11) is 1.64. The number of H-pyrrole nitrogens is 1. The summed E-state index contributed by atoms with van der Waals surface area (Å²) in [5.74, 6) is 0.563. The maximum atomic E-state index is 12.8. The van der Waals surface area contributed by atoms with Crippen molar-refractivity contribution < 1.29 is 14.3 Å². The molecule has 1 aromatic heterocycles. The fourth-order valence-corrected chi connectivity index (χ4v) is 3.90. The smallest absolute Gasteiger partial charge is 0.274 e. The number of aromatic amines is 1. The second kappa shape index (κ2) is 6.20. The summed E-state index contributed by atoms with van der Waals surface area (Å²) in [6.45, 7) is 2.24. The molecular weight excluding hydrogens is 308 g/mol. The van der Waals surface area contributed by atoms with Gasteiger partial charge in [-0.05, 0) is 31.7 Å². The molecule has 0 radical (unpaired) electrons. The van der Waals surface area contributed by atoms with Gasteiger partial charge < -0.3 is 14.5 Å².